The second kappa shape index (κ2) is 5.20. The first kappa shape index (κ1) is 10.5. The first-order valence-electron chi connectivity index (χ1n) is 5.04. The Morgan fingerprint density at radius 1 is 1.53 bits per heavy atom. The van der Waals surface area contributed by atoms with Crippen molar-refractivity contribution < 1.29 is 14.1 Å². The van der Waals surface area contributed by atoms with Crippen LogP contribution in [0.1, 0.15) is 11.4 Å². The fourth-order valence-corrected chi connectivity index (χ4v) is 1.39. The molecule has 2 heterocycles. The number of nitrogens with zero attached hydrogens (tertiary/aromatic N) is 2. The molecule has 1 fully saturated rings. The van der Waals surface area contributed by atoms with Crippen molar-refractivity contribution in [1.82, 2.24) is 15.6 Å². The van der Waals surface area contributed by atoms with E-state index in [0.29, 0.717) is 13.2 Å². The molecule has 1 N–H and O–H groups in total. The summed E-state index contributed by atoms with van der Waals surface area (Å²) in [7, 11) is 0. The summed E-state index contributed by atoms with van der Waals surface area (Å²) in [5.74, 6) is 0. The summed E-state index contributed by atoms with van der Waals surface area (Å²) >= 11 is 0. The molecule has 0 aliphatic carbocycles. The van der Waals surface area contributed by atoms with Crippen molar-refractivity contribution in [2.24, 2.45) is 0 Å². The molecule has 0 radical (unpaired) electrons. The predicted molar refractivity (Wildman–Crippen MR) is 51.3 cm³/mol. The molecule has 1 aromatic rings. The lowest BCUT2D eigenvalue weighted by Crippen LogP contribution is -2.40. The Morgan fingerprint density at radius 2 is 2.47 bits per heavy atom. The maximum atomic E-state index is 5.48. The molecule has 1 saturated heterocycles. The minimum Gasteiger partial charge on any atom is -0.373 e. The van der Waals surface area contributed by atoms with Gasteiger partial charge >= 0.3 is 0 Å². The van der Waals surface area contributed by atoms with Gasteiger partial charge in [-0.2, -0.15) is 0 Å². The van der Waals surface area contributed by atoms with Crippen LogP contribution in [0, 0.1) is 6.92 Å². The summed E-state index contributed by atoms with van der Waals surface area (Å²) in [6.07, 6.45) is 0.138. The van der Waals surface area contributed by atoms with Crippen LogP contribution in [-0.4, -0.2) is 42.7 Å². The maximum Gasteiger partial charge on any atom is 0.133 e. The Bertz CT molecular complexity index is 297. The highest BCUT2D eigenvalue weighted by atomic mass is 16.6. The minimum atomic E-state index is 0.138. The van der Waals surface area contributed by atoms with E-state index in [-0.39, 0.29) is 6.10 Å². The molecule has 84 valence electrons. The molecule has 6 nitrogen and oxygen atoms in total. The van der Waals surface area contributed by atoms with Crippen molar-refractivity contribution in [3.05, 3.63) is 11.4 Å². The van der Waals surface area contributed by atoms with Gasteiger partial charge in [-0.15, -0.1) is 0 Å². The summed E-state index contributed by atoms with van der Waals surface area (Å²) < 4.78 is 15.5. The van der Waals surface area contributed by atoms with Gasteiger partial charge in [0.25, 0.3) is 0 Å². The van der Waals surface area contributed by atoms with Crippen LogP contribution in [0.5, 0.6) is 0 Å². The lowest BCUT2D eigenvalue weighted by molar-refractivity contribution is -0.0367. The van der Waals surface area contributed by atoms with Crippen LogP contribution in [0.25, 0.3) is 0 Å². The second-order valence-corrected chi connectivity index (χ2v) is 3.51. The van der Waals surface area contributed by atoms with E-state index < -0.39 is 0 Å². The Hall–Kier alpha value is -0.980. The van der Waals surface area contributed by atoms with Gasteiger partial charge in [-0.1, -0.05) is 10.3 Å². The fourth-order valence-electron chi connectivity index (χ4n) is 1.39. The third kappa shape index (κ3) is 2.98. The first-order valence-corrected chi connectivity index (χ1v) is 5.04. The van der Waals surface area contributed by atoms with Crippen LogP contribution in [-0.2, 0) is 16.1 Å². The highest BCUT2D eigenvalue weighted by Gasteiger charge is 2.14. The number of aryl methyl sites for hydroxylation is 1. The zero-order valence-electron chi connectivity index (χ0n) is 8.73. The van der Waals surface area contributed by atoms with Gasteiger partial charge in [-0.3, -0.25) is 0 Å². The normalized spacial score (nSPS) is 21.8. The van der Waals surface area contributed by atoms with Crippen LogP contribution in [0.15, 0.2) is 4.63 Å². The highest BCUT2D eigenvalue weighted by molar-refractivity contribution is 5.02. The fraction of sp³-hybridized carbons (Fsp3) is 0.778. The van der Waals surface area contributed by atoms with Gasteiger partial charge in [-0.05, 0) is 6.92 Å². The van der Waals surface area contributed by atoms with Crippen LogP contribution in [0.4, 0.5) is 0 Å². The van der Waals surface area contributed by atoms with Crippen molar-refractivity contribution in [1.29, 1.82) is 0 Å². The van der Waals surface area contributed by atoms with Crippen LogP contribution < -0.4 is 5.32 Å². The Labute approximate surface area is 87.9 Å². The van der Waals surface area contributed by atoms with Crippen molar-refractivity contribution in [3.63, 3.8) is 0 Å². The molecule has 0 amide bonds. The molecule has 0 saturated carbocycles. The molecule has 0 spiro atoms. The molecule has 0 aromatic carbocycles. The van der Waals surface area contributed by atoms with Crippen molar-refractivity contribution in [2.45, 2.75) is 19.6 Å². The Kier molecular flexibility index (Phi) is 3.65. The smallest absolute Gasteiger partial charge is 0.133 e. The lowest BCUT2D eigenvalue weighted by Gasteiger charge is -2.23. The monoisotopic (exact) mass is 213 g/mol. The van der Waals surface area contributed by atoms with E-state index in [1.54, 1.807) is 0 Å². The standard InChI is InChI=1S/C9H15N3O3/c1-7-9(12-15-11-7)6-13-5-8-4-10-2-3-14-8/h8,10H,2-6H2,1H3. The highest BCUT2D eigenvalue weighted by Crippen LogP contribution is 2.04. The number of hydrogen-bond donors (Lipinski definition) is 1. The number of hydrogen-bond acceptors (Lipinski definition) is 6. The molecular weight excluding hydrogens is 198 g/mol. The Morgan fingerprint density at radius 3 is 3.13 bits per heavy atom. The number of nitrogens with one attached hydrogen (secondary N) is 1. The van der Waals surface area contributed by atoms with Gasteiger partial charge in [0.2, 0.25) is 0 Å². The first-order chi connectivity index (χ1) is 7.36. The molecule has 1 aliphatic rings. The van der Waals surface area contributed by atoms with Crippen molar-refractivity contribution >= 4 is 0 Å². The van der Waals surface area contributed by atoms with E-state index in [1.165, 1.54) is 0 Å². The molecule has 2 rings (SSSR count). The van der Waals surface area contributed by atoms with Crippen LogP contribution in [0.2, 0.25) is 0 Å². The molecule has 1 atom stereocenters. The maximum absolute atomic E-state index is 5.48. The van der Waals surface area contributed by atoms with Gasteiger partial charge < -0.3 is 14.8 Å². The molecule has 15 heavy (non-hydrogen) atoms. The number of ether oxygens (including phenoxy) is 2. The third-order valence-corrected chi connectivity index (χ3v) is 2.29. The summed E-state index contributed by atoms with van der Waals surface area (Å²) in [6.45, 7) is 5.35. The van der Waals surface area contributed by atoms with Crippen molar-refractivity contribution in [3.8, 4) is 0 Å². The third-order valence-electron chi connectivity index (χ3n) is 2.29. The number of morpholine rings is 1. The van der Waals surface area contributed by atoms with E-state index in [9.17, 15) is 0 Å². The largest absolute Gasteiger partial charge is 0.373 e. The van der Waals surface area contributed by atoms with Gasteiger partial charge in [0, 0.05) is 13.1 Å². The molecule has 6 heteroatoms. The van der Waals surface area contributed by atoms with E-state index >= 15 is 0 Å². The average Bonchev–Trinajstić information content (AvgIpc) is 2.66. The molecular formula is C9H15N3O3. The zero-order chi connectivity index (χ0) is 10.5. The SMILES string of the molecule is Cc1nonc1COCC1CNCCO1. The summed E-state index contributed by atoms with van der Waals surface area (Å²) in [4.78, 5) is 0. The summed E-state index contributed by atoms with van der Waals surface area (Å²) in [5, 5.41) is 10.6. The minimum absolute atomic E-state index is 0.138. The van der Waals surface area contributed by atoms with Crippen LogP contribution in [0.3, 0.4) is 0 Å². The van der Waals surface area contributed by atoms with Gasteiger partial charge in [-0.25, -0.2) is 4.63 Å². The van der Waals surface area contributed by atoms with E-state index in [4.69, 9.17) is 9.47 Å². The van der Waals surface area contributed by atoms with Crippen molar-refractivity contribution in [2.75, 3.05) is 26.3 Å². The predicted octanol–water partition coefficient (Wildman–Crippen LogP) is -0.117. The number of rotatable bonds is 4. The van der Waals surface area contributed by atoms with Crippen LogP contribution >= 0.6 is 0 Å². The topological polar surface area (TPSA) is 69.4 Å². The molecule has 1 unspecified atom stereocenters. The van der Waals surface area contributed by atoms with Gasteiger partial charge in [0.1, 0.15) is 11.4 Å². The molecule has 1 aliphatic heterocycles. The molecule has 0 bridgehead atoms. The summed E-state index contributed by atoms with van der Waals surface area (Å²) in [6, 6.07) is 0. The lowest BCUT2D eigenvalue weighted by atomic mass is 10.3. The Balaban J connectivity index is 1.68. The number of aromatic nitrogens is 2. The van der Waals surface area contributed by atoms with E-state index in [1.807, 2.05) is 6.92 Å². The van der Waals surface area contributed by atoms with E-state index in [0.717, 1.165) is 31.1 Å². The molecule has 1 aromatic heterocycles. The van der Waals surface area contributed by atoms with E-state index in [2.05, 4.69) is 20.3 Å². The quantitative estimate of drug-likeness (QED) is 0.752. The average molecular weight is 213 g/mol. The van der Waals surface area contributed by atoms with Gasteiger partial charge in [0.15, 0.2) is 0 Å². The second-order valence-electron chi connectivity index (χ2n) is 3.51. The van der Waals surface area contributed by atoms with Gasteiger partial charge in [0.05, 0.1) is 25.9 Å². The zero-order valence-corrected chi connectivity index (χ0v) is 8.73. The summed E-state index contributed by atoms with van der Waals surface area (Å²) in [5.41, 5.74) is 1.52.